The Morgan fingerprint density at radius 3 is 2.31 bits per heavy atom. The molecule has 29 heavy (non-hydrogen) atoms. The van der Waals surface area contributed by atoms with E-state index in [1.165, 1.54) is 0 Å². The largest absolute Gasteiger partial charge is 0.358 e. The van der Waals surface area contributed by atoms with Crippen molar-refractivity contribution in [2.75, 3.05) is 26.0 Å². The molecule has 7 heteroatoms. The quantitative estimate of drug-likeness (QED) is 0.717. The molecule has 0 unspecified atom stereocenters. The predicted molar refractivity (Wildman–Crippen MR) is 119 cm³/mol. The number of anilines is 1. The van der Waals surface area contributed by atoms with E-state index in [2.05, 4.69) is 22.8 Å². The molecule has 1 saturated heterocycles. The van der Waals surface area contributed by atoms with Crippen molar-refractivity contribution in [3.63, 3.8) is 0 Å². The van der Waals surface area contributed by atoms with Crippen LogP contribution in [0.5, 0.6) is 0 Å². The summed E-state index contributed by atoms with van der Waals surface area (Å²) in [6.45, 7) is 2.14. The van der Waals surface area contributed by atoms with Crippen molar-refractivity contribution in [2.45, 2.75) is 25.9 Å². The van der Waals surface area contributed by atoms with Crippen molar-refractivity contribution in [1.82, 2.24) is 15.1 Å². The number of thiocarbonyl (C=S) groups is 1. The van der Waals surface area contributed by atoms with Gasteiger partial charge in [0.05, 0.1) is 0 Å². The summed E-state index contributed by atoms with van der Waals surface area (Å²) in [5.74, 6) is 0.209. The summed E-state index contributed by atoms with van der Waals surface area (Å²) in [4.78, 5) is 27.1. The lowest BCUT2D eigenvalue weighted by Gasteiger charge is -2.16. The first-order chi connectivity index (χ1) is 13.9. The number of carbonyl (C=O) groups excluding carboxylic acids is 2. The van der Waals surface area contributed by atoms with Crippen LogP contribution in [0.25, 0.3) is 0 Å². The molecule has 0 bridgehead atoms. The zero-order valence-electron chi connectivity index (χ0n) is 16.8. The van der Waals surface area contributed by atoms with Gasteiger partial charge in [-0.15, -0.1) is 0 Å². The van der Waals surface area contributed by atoms with Crippen LogP contribution in [0.15, 0.2) is 48.5 Å². The number of hydrogen-bond donors (Lipinski definition) is 2. The van der Waals surface area contributed by atoms with Gasteiger partial charge in [0, 0.05) is 51.4 Å². The fraction of sp³-hybridized carbons (Fsp3) is 0.318. The van der Waals surface area contributed by atoms with Gasteiger partial charge < -0.3 is 20.4 Å². The highest BCUT2D eigenvalue weighted by Gasteiger charge is 2.19. The molecule has 2 amide bonds. The highest BCUT2D eigenvalue weighted by Crippen LogP contribution is 2.15. The molecular weight excluding hydrogens is 384 g/mol. The average Bonchev–Trinajstić information content (AvgIpc) is 3.12. The van der Waals surface area contributed by atoms with Crippen LogP contribution in [0.1, 0.15) is 34.3 Å². The van der Waals surface area contributed by atoms with Crippen LogP contribution >= 0.6 is 12.2 Å². The summed E-state index contributed by atoms with van der Waals surface area (Å²) in [5, 5.41) is 6.82. The Kier molecular flexibility index (Phi) is 6.82. The molecule has 0 aliphatic carbocycles. The van der Waals surface area contributed by atoms with Crippen molar-refractivity contribution < 1.29 is 9.59 Å². The van der Waals surface area contributed by atoms with Crippen molar-refractivity contribution in [1.29, 1.82) is 0 Å². The molecule has 0 spiro atoms. The van der Waals surface area contributed by atoms with E-state index >= 15 is 0 Å². The molecule has 2 aromatic carbocycles. The molecule has 6 nitrogen and oxygen atoms in total. The number of rotatable bonds is 6. The molecule has 0 saturated carbocycles. The lowest BCUT2D eigenvalue weighted by atomic mass is 10.1. The van der Waals surface area contributed by atoms with Crippen LogP contribution in [0.2, 0.25) is 0 Å². The van der Waals surface area contributed by atoms with E-state index < -0.39 is 0 Å². The maximum Gasteiger partial charge on any atom is 0.253 e. The van der Waals surface area contributed by atoms with Gasteiger partial charge in [0.25, 0.3) is 5.91 Å². The summed E-state index contributed by atoms with van der Waals surface area (Å²) < 4.78 is 0. The molecule has 3 rings (SSSR count). The minimum absolute atomic E-state index is 0.0326. The normalized spacial score (nSPS) is 13.3. The van der Waals surface area contributed by atoms with Gasteiger partial charge in [0.1, 0.15) is 0 Å². The van der Waals surface area contributed by atoms with Crippen LogP contribution in [-0.4, -0.2) is 47.4 Å². The molecular formula is C22H26N4O2S. The first-order valence-electron chi connectivity index (χ1n) is 9.64. The van der Waals surface area contributed by atoms with E-state index in [1.54, 1.807) is 31.1 Å². The second-order valence-electron chi connectivity index (χ2n) is 7.32. The molecule has 1 aliphatic heterocycles. The third kappa shape index (κ3) is 5.77. The Balaban J connectivity index is 1.46. The van der Waals surface area contributed by atoms with Gasteiger partial charge in [-0.05, 0) is 54.0 Å². The van der Waals surface area contributed by atoms with E-state index in [0.29, 0.717) is 30.2 Å². The average molecular weight is 411 g/mol. The number of carbonyl (C=O) groups is 2. The van der Waals surface area contributed by atoms with Gasteiger partial charge in [-0.1, -0.05) is 24.3 Å². The molecule has 1 heterocycles. The van der Waals surface area contributed by atoms with Crippen molar-refractivity contribution in [3.05, 3.63) is 65.2 Å². The highest BCUT2D eigenvalue weighted by atomic mass is 32.1. The van der Waals surface area contributed by atoms with E-state index in [4.69, 9.17) is 12.2 Å². The summed E-state index contributed by atoms with van der Waals surface area (Å²) >= 11 is 5.35. The second kappa shape index (κ2) is 9.52. The SMILES string of the molecule is CN(C)C(=O)c1ccc(NC(=S)NCc2ccc(CN3CCCC3=O)cc2)cc1. The van der Waals surface area contributed by atoms with Crippen LogP contribution in [0.4, 0.5) is 5.69 Å². The summed E-state index contributed by atoms with van der Waals surface area (Å²) in [5.41, 5.74) is 3.70. The summed E-state index contributed by atoms with van der Waals surface area (Å²) in [6.07, 6.45) is 1.63. The molecule has 152 valence electrons. The van der Waals surface area contributed by atoms with Gasteiger partial charge in [-0.3, -0.25) is 9.59 Å². The zero-order chi connectivity index (χ0) is 20.8. The number of likely N-dealkylation sites (tertiary alicyclic amines) is 1. The maximum atomic E-state index is 11.9. The van der Waals surface area contributed by atoms with E-state index in [0.717, 1.165) is 29.8 Å². The van der Waals surface area contributed by atoms with Gasteiger partial charge >= 0.3 is 0 Å². The van der Waals surface area contributed by atoms with Crippen molar-refractivity contribution in [3.8, 4) is 0 Å². The van der Waals surface area contributed by atoms with Gasteiger partial charge in [0.15, 0.2) is 5.11 Å². The zero-order valence-corrected chi connectivity index (χ0v) is 17.6. The monoisotopic (exact) mass is 410 g/mol. The van der Waals surface area contributed by atoms with Gasteiger partial charge in [0.2, 0.25) is 5.91 Å². The predicted octanol–water partition coefficient (Wildman–Crippen LogP) is 3.00. The third-order valence-corrected chi connectivity index (χ3v) is 5.06. The first kappa shape index (κ1) is 20.8. The van der Waals surface area contributed by atoms with E-state index in [9.17, 15) is 9.59 Å². The molecule has 1 fully saturated rings. The topological polar surface area (TPSA) is 64.7 Å². The summed E-state index contributed by atoms with van der Waals surface area (Å²) in [6, 6.07) is 15.4. The number of benzene rings is 2. The van der Waals surface area contributed by atoms with Crippen LogP contribution in [0.3, 0.4) is 0 Å². The minimum atomic E-state index is -0.0326. The van der Waals surface area contributed by atoms with Crippen LogP contribution < -0.4 is 10.6 Å². The molecule has 0 atom stereocenters. The molecule has 0 radical (unpaired) electrons. The van der Waals surface area contributed by atoms with Gasteiger partial charge in [-0.25, -0.2) is 0 Å². The first-order valence-corrected chi connectivity index (χ1v) is 10.1. The maximum absolute atomic E-state index is 11.9. The Morgan fingerprint density at radius 2 is 1.72 bits per heavy atom. The minimum Gasteiger partial charge on any atom is -0.358 e. The lowest BCUT2D eigenvalue weighted by Crippen LogP contribution is -2.28. The molecule has 0 aromatic heterocycles. The van der Waals surface area contributed by atoms with Crippen LogP contribution in [0, 0.1) is 0 Å². The van der Waals surface area contributed by atoms with E-state index in [1.807, 2.05) is 29.2 Å². The standard InChI is InChI=1S/C22H26N4O2S/c1-25(2)21(28)18-9-11-19(12-10-18)24-22(29)23-14-16-5-7-17(8-6-16)15-26-13-3-4-20(26)27/h5-12H,3-4,13-15H2,1-2H3,(H2,23,24,29). The van der Waals surface area contributed by atoms with Crippen molar-refractivity contribution >= 4 is 34.8 Å². The number of nitrogens with one attached hydrogen (secondary N) is 2. The Bertz CT molecular complexity index is 879. The molecule has 2 N–H and O–H groups in total. The number of hydrogen-bond acceptors (Lipinski definition) is 3. The fourth-order valence-electron chi connectivity index (χ4n) is 3.17. The van der Waals surface area contributed by atoms with Gasteiger partial charge in [-0.2, -0.15) is 0 Å². The Hall–Kier alpha value is -2.93. The van der Waals surface area contributed by atoms with E-state index in [-0.39, 0.29) is 11.8 Å². The smallest absolute Gasteiger partial charge is 0.253 e. The Morgan fingerprint density at radius 1 is 1.07 bits per heavy atom. The highest BCUT2D eigenvalue weighted by molar-refractivity contribution is 7.80. The Labute approximate surface area is 176 Å². The van der Waals surface area contributed by atoms with Crippen molar-refractivity contribution in [2.24, 2.45) is 0 Å². The third-order valence-electron chi connectivity index (χ3n) is 4.82. The lowest BCUT2D eigenvalue weighted by molar-refractivity contribution is -0.128. The number of nitrogens with zero attached hydrogens (tertiary/aromatic N) is 2. The molecule has 2 aromatic rings. The van der Waals surface area contributed by atoms with Crippen LogP contribution in [-0.2, 0) is 17.9 Å². The second-order valence-corrected chi connectivity index (χ2v) is 7.73. The number of amides is 2. The fourth-order valence-corrected chi connectivity index (χ4v) is 3.36. The summed E-state index contributed by atoms with van der Waals surface area (Å²) in [7, 11) is 3.46. The molecule has 1 aliphatic rings.